The Morgan fingerprint density at radius 3 is 2.50 bits per heavy atom. The Morgan fingerprint density at radius 1 is 1.33 bits per heavy atom. The van der Waals surface area contributed by atoms with Gasteiger partial charge in [-0.2, -0.15) is 0 Å². The fourth-order valence-corrected chi connectivity index (χ4v) is 1.15. The number of hydrogen-bond acceptors (Lipinski definition) is 2. The van der Waals surface area contributed by atoms with Crippen LogP contribution < -0.4 is 5.46 Å². The van der Waals surface area contributed by atoms with Crippen molar-refractivity contribution in [3.05, 3.63) is 28.8 Å². The van der Waals surface area contributed by atoms with Crippen molar-refractivity contribution in [1.82, 2.24) is 0 Å². The average molecular weight is 201 g/mol. The minimum absolute atomic E-state index is 0.228. The van der Waals surface area contributed by atoms with Crippen LogP contribution in [-0.4, -0.2) is 12.4 Å². The summed E-state index contributed by atoms with van der Waals surface area (Å²) in [5, 5.41) is -0.302. The molecule has 0 amide bonds. The molecule has 2 nitrogen and oxygen atoms in total. The Bertz CT molecular complexity index is 338. The van der Waals surface area contributed by atoms with Crippen LogP contribution in [0.5, 0.6) is 0 Å². The van der Waals surface area contributed by atoms with Crippen molar-refractivity contribution >= 4 is 41.1 Å². The van der Waals surface area contributed by atoms with Crippen LogP contribution >= 0.6 is 23.2 Å². The molecule has 0 unspecified atom stereocenters. The summed E-state index contributed by atoms with van der Waals surface area (Å²) in [4.78, 5) is 10.7. The van der Waals surface area contributed by atoms with Gasteiger partial charge in [0.15, 0.2) is 0 Å². The van der Waals surface area contributed by atoms with Gasteiger partial charge < -0.3 is 0 Å². The Kier molecular flexibility index (Phi) is 3.01. The van der Waals surface area contributed by atoms with Gasteiger partial charge in [-0.15, -0.1) is 0 Å². The molecule has 0 saturated heterocycles. The van der Waals surface area contributed by atoms with E-state index in [9.17, 15) is 9.50 Å². The second kappa shape index (κ2) is 3.83. The number of carbonyl (C=O) groups excluding carboxylic acids is 1. The van der Waals surface area contributed by atoms with Gasteiger partial charge in [0.05, 0.1) is 0 Å². The summed E-state index contributed by atoms with van der Waals surface area (Å²) in [5.41, 5.74) is 0.567. The van der Waals surface area contributed by atoms with Crippen molar-refractivity contribution in [2.24, 2.45) is 0 Å². The molecule has 0 aromatic heterocycles. The fraction of sp³-hybridized carbons (Fsp3) is 0. The van der Waals surface area contributed by atoms with Crippen LogP contribution in [0.1, 0.15) is 10.4 Å². The fourth-order valence-electron chi connectivity index (χ4n) is 0.794. The first-order valence-corrected chi connectivity index (χ1v) is 3.84. The van der Waals surface area contributed by atoms with Crippen LogP contribution in [0.25, 0.3) is 0 Å². The average Bonchev–Trinajstić information content (AvgIpc) is 2.03. The maximum absolute atomic E-state index is 10.7. The Balaban J connectivity index is 3.23. The molecule has 0 aliphatic carbocycles. The van der Waals surface area contributed by atoms with Gasteiger partial charge in [-0.25, -0.2) is 0 Å². The van der Waals surface area contributed by atoms with Crippen LogP contribution in [0.15, 0.2) is 18.2 Å². The molecular formula is C7H3BCl2O2. The summed E-state index contributed by atoms with van der Waals surface area (Å²) in [7, 11) is 0.606. The third-order valence-corrected chi connectivity index (χ3v) is 1.72. The summed E-state index contributed by atoms with van der Waals surface area (Å²) >= 11 is 10.8. The van der Waals surface area contributed by atoms with Crippen molar-refractivity contribution in [1.29, 1.82) is 0 Å². The molecule has 1 rings (SSSR count). The molecule has 60 valence electrons. The second-order valence-electron chi connectivity index (χ2n) is 2.16. The third-order valence-electron chi connectivity index (χ3n) is 1.28. The monoisotopic (exact) mass is 200 g/mol. The molecule has 0 aliphatic rings. The molecule has 0 fully saturated rings. The van der Waals surface area contributed by atoms with Crippen molar-refractivity contribution < 1.29 is 9.50 Å². The van der Waals surface area contributed by atoms with E-state index in [1.807, 2.05) is 0 Å². The van der Waals surface area contributed by atoms with Crippen LogP contribution in [0.3, 0.4) is 0 Å². The van der Waals surface area contributed by atoms with Gasteiger partial charge in [-0.05, 0) is 0 Å². The normalized spacial score (nSPS) is 9.17. The minimum atomic E-state index is -0.624. The van der Waals surface area contributed by atoms with E-state index in [1.165, 1.54) is 18.2 Å². The molecule has 1 aromatic rings. The summed E-state index contributed by atoms with van der Waals surface area (Å²) in [6, 6.07) is 4.25. The quantitative estimate of drug-likeness (QED) is 0.535. The van der Waals surface area contributed by atoms with Crippen LogP contribution in [-0.2, 0) is 4.70 Å². The molecule has 0 spiro atoms. The zero-order chi connectivity index (χ0) is 9.14. The van der Waals surface area contributed by atoms with E-state index in [0.29, 0.717) is 17.6 Å². The summed E-state index contributed by atoms with van der Waals surface area (Å²) < 4.78 is 10.3. The first-order valence-electron chi connectivity index (χ1n) is 3.09. The van der Waals surface area contributed by atoms with E-state index in [1.54, 1.807) is 0 Å². The molecule has 1 aromatic carbocycles. The van der Waals surface area contributed by atoms with E-state index in [0.717, 1.165) is 0 Å². The van der Waals surface area contributed by atoms with Crippen LogP contribution in [0, 0.1) is 0 Å². The van der Waals surface area contributed by atoms with Gasteiger partial charge in [-0.3, -0.25) is 0 Å². The van der Waals surface area contributed by atoms with Gasteiger partial charge in [0.25, 0.3) is 0 Å². The third kappa shape index (κ3) is 2.16. The molecule has 0 heterocycles. The van der Waals surface area contributed by atoms with E-state index in [2.05, 4.69) is 0 Å². The first kappa shape index (κ1) is 9.42. The Morgan fingerprint density at radius 2 is 2.00 bits per heavy atom. The molecule has 0 atom stereocenters. The molecule has 0 N–H and O–H groups in total. The summed E-state index contributed by atoms with van der Waals surface area (Å²) in [5.74, 6) is 0. The Labute approximate surface area is 79.7 Å². The van der Waals surface area contributed by atoms with E-state index in [-0.39, 0.29) is 5.56 Å². The maximum atomic E-state index is 10.7. The standard InChI is InChI=1S/C7H3BCl2O2/c9-6-2-4(7(10)11)1-5(3-6)8-12/h1-3H. The van der Waals surface area contributed by atoms with E-state index < -0.39 is 5.24 Å². The molecular weight excluding hydrogens is 198 g/mol. The first-order chi connectivity index (χ1) is 5.63. The Hall–Kier alpha value is -0.665. The number of carbonyl (C=O) groups is 1. The molecule has 0 saturated carbocycles. The number of hydrogen-bond donors (Lipinski definition) is 0. The van der Waals surface area contributed by atoms with E-state index in [4.69, 9.17) is 23.2 Å². The van der Waals surface area contributed by atoms with Crippen molar-refractivity contribution in [3.8, 4) is 0 Å². The second-order valence-corrected chi connectivity index (χ2v) is 2.94. The van der Waals surface area contributed by atoms with Gasteiger partial charge in [0, 0.05) is 0 Å². The zero-order valence-electron chi connectivity index (χ0n) is 5.88. The SMILES string of the molecule is O=Bc1cc(Cl)cc(C(=O)Cl)c1. The number of halogens is 2. The molecule has 5 heteroatoms. The molecule has 0 aliphatic heterocycles. The van der Waals surface area contributed by atoms with Crippen molar-refractivity contribution in [3.63, 3.8) is 0 Å². The van der Waals surface area contributed by atoms with Gasteiger partial charge in [0.2, 0.25) is 0 Å². The van der Waals surface area contributed by atoms with E-state index >= 15 is 0 Å². The predicted octanol–water partition coefficient (Wildman–Crippen LogP) is 1.39. The number of rotatable bonds is 2. The van der Waals surface area contributed by atoms with Crippen LogP contribution in [0.2, 0.25) is 5.02 Å². The van der Waals surface area contributed by atoms with Gasteiger partial charge in [0.1, 0.15) is 0 Å². The topological polar surface area (TPSA) is 34.1 Å². The van der Waals surface area contributed by atoms with Crippen LogP contribution in [0.4, 0.5) is 0 Å². The predicted molar refractivity (Wildman–Crippen MR) is 47.7 cm³/mol. The van der Waals surface area contributed by atoms with Crippen molar-refractivity contribution in [2.75, 3.05) is 0 Å². The molecule has 0 radical (unpaired) electrons. The molecule has 0 bridgehead atoms. The summed E-state index contributed by atoms with van der Waals surface area (Å²) in [6.45, 7) is 0. The number of benzene rings is 1. The van der Waals surface area contributed by atoms with Gasteiger partial charge in [-0.1, -0.05) is 0 Å². The molecule has 12 heavy (non-hydrogen) atoms. The van der Waals surface area contributed by atoms with Gasteiger partial charge >= 0.3 is 79.3 Å². The van der Waals surface area contributed by atoms with Crippen molar-refractivity contribution in [2.45, 2.75) is 0 Å². The zero-order valence-corrected chi connectivity index (χ0v) is 7.39. The summed E-state index contributed by atoms with van der Waals surface area (Å²) in [6.07, 6.45) is 0.